The molecule has 0 N–H and O–H groups in total. The number of hydrogen-bond acceptors (Lipinski definition) is 3. The van der Waals surface area contributed by atoms with Gasteiger partial charge in [-0.2, -0.15) is 5.26 Å². The van der Waals surface area contributed by atoms with Crippen LogP contribution < -0.4 is 9.47 Å². The lowest BCUT2D eigenvalue weighted by molar-refractivity contribution is 0.303. The Bertz CT molecular complexity index is 603. The molecule has 0 fully saturated rings. The second-order valence-electron chi connectivity index (χ2n) is 3.89. The summed E-state index contributed by atoms with van der Waals surface area (Å²) in [7, 11) is 1.64. The summed E-state index contributed by atoms with van der Waals surface area (Å²) in [5.41, 5.74) is 1.66. The van der Waals surface area contributed by atoms with E-state index in [0.29, 0.717) is 12.2 Å². The first-order valence-corrected chi connectivity index (χ1v) is 6.76. The van der Waals surface area contributed by atoms with Crippen molar-refractivity contribution in [1.29, 1.82) is 5.26 Å². The van der Waals surface area contributed by atoms with Crippen molar-refractivity contribution in [3.8, 4) is 17.6 Å². The fourth-order valence-corrected chi connectivity index (χ4v) is 2.06. The van der Waals surface area contributed by atoms with E-state index >= 15 is 0 Å². The summed E-state index contributed by atoms with van der Waals surface area (Å²) in [5, 5.41) is 8.87. The predicted octanol–water partition coefficient (Wildman–Crippen LogP) is 3.75. The molecular formula is C15H12INO2. The molecule has 19 heavy (non-hydrogen) atoms. The molecule has 96 valence electrons. The molecule has 0 aromatic heterocycles. The minimum atomic E-state index is 0.467. The lowest BCUT2D eigenvalue weighted by atomic mass is 10.2. The molecule has 2 aromatic rings. The van der Waals surface area contributed by atoms with E-state index in [1.165, 1.54) is 0 Å². The highest BCUT2D eigenvalue weighted by Crippen LogP contribution is 2.23. The van der Waals surface area contributed by atoms with Crippen LogP contribution in [0.3, 0.4) is 0 Å². The van der Waals surface area contributed by atoms with Crippen LogP contribution in [0.5, 0.6) is 11.5 Å². The van der Waals surface area contributed by atoms with E-state index in [1.54, 1.807) is 19.2 Å². The van der Waals surface area contributed by atoms with Crippen molar-refractivity contribution >= 4 is 22.6 Å². The van der Waals surface area contributed by atoms with Crippen LogP contribution in [0.25, 0.3) is 0 Å². The average Bonchev–Trinajstić information content (AvgIpc) is 2.47. The van der Waals surface area contributed by atoms with Gasteiger partial charge in [-0.25, -0.2) is 0 Å². The maximum atomic E-state index is 8.87. The highest BCUT2D eigenvalue weighted by atomic mass is 127. The predicted molar refractivity (Wildman–Crippen MR) is 81.2 cm³/mol. The summed E-state index contributed by atoms with van der Waals surface area (Å²) in [4.78, 5) is 0. The summed E-state index contributed by atoms with van der Waals surface area (Å²) in [5.74, 6) is 1.56. The van der Waals surface area contributed by atoms with Gasteiger partial charge in [0.15, 0.2) is 0 Å². The van der Waals surface area contributed by atoms with E-state index in [1.807, 2.05) is 30.3 Å². The molecule has 0 radical (unpaired) electrons. The molecule has 0 atom stereocenters. The summed E-state index contributed by atoms with van der Waals surface area (Å²) in [6.07, 6.45) is 0. The first kappa shape index (κ1) is 13.7. The van der Waals surface area contributed by atoms with Crippen LogP contribution in [-0.4, -0.2) is 7.11 Å². The second-order valence-corrected chi connectivity index (χ2v) is 5.06. The zero-order chi connectivity index (χ0) is 13.7. The SMILES string of the molecule is COc1ccc(COc2cc(C#N)ccc2I)cc1. The van der Waals surface area contributed by atoms with Gasteiger partial charge in [-0.15, -0.1) is 0 Å². The molecular weight excluding hydrogens is 353 g/mol. The van der Waals surface area contributed by atoms with E-state index in [4.69, 9.17) is 14.7 Å². The van der Waals surface area contributed by atoms with Crippen LogP contribution in [0.1, 0.15) is 11.1 Å². The summed E-state index contributed by atoms with van der Waals surface area (Å²) >= 11 is 2.19. The summed E-state index contributed by atoms with van der Waals surface area (Å²) in [6, 6.07) is 15.2. The molecule has 0 unspecified atom stereocenters. The zero-order valence-corrected chi connectivity index (χ0v) is 12.5. The number of halogens is 1. The first-order valence-electron chi connectivity index (χ1n) is 5.68. The van der Waals surface area contributed by atoms with Gasteiger partial charge in [0.05, 0.1) is 22.3 Å². The smallest absolute Gasteiger partial charge is 0.134 e. The van der Waals surface area contributed by atoms with Crippen molar-refractivity contribution in [2.45, 2.75) is 6.61 Å². The Balaban J connectivity index is 2.07. The van der Waals surface area contributed by atoms with Crippen LogP contribution in [0.2, 0.25) is 0 Å². The van der Waals surface area contributed by atoms with Crippen LogP contribution >= 0.6 is 22.6 Å². The van der Waals surface area contributed by atoms with E-state index in [2.05, 4.69) is 28.7 Å². The molecule has 0 saturated carbocycles. The topological polar surface area (TPSA) is 42.2 Å². The number of nitriles is 1. The molecule has 0 amide bonds. The quantitative estimate of drug-likeness (QED) is 0.775. The molecule has 0 aliphatic heterocycles. The third kappa shape index (κ3) is 3.61. The van der Waals surface area contributed by atoms with Crippen molar-refractivity contribution in [3.63, 3.8) is 0 Å². The van der Waals surface area contributed by atoms with Crippen LogP contribution in [0.4, 0.5) is 0 Å². The van der Waals surface area contributed by atoms with Gasteiger partial charge in [0.1, 0.15) is 18.1 Å². The van der Waals surface area contributed by atoms with E-state index in [9.17, 15) is 0 Å². The van der Waals surface area contributed by atoms with Gasteiger partial charge in [-0.05, 0) is 58.5 Å². The number of methoxy groups -OCH3 is 1. The second kappa shape index (κ2) is 6.43. The Labute approximate surface area is 125 Å². The fourth-order valence-electron chi connectivity index (χ4n) is 1.57. The average molecular weight is 365 g/mol. The van der Waals surface area contributed by atoms with Gasteiger partial charge in [0, 0.05) is 0 Å². The molecule has 3 nitrogen and oxygen atoms in total. The molecule has 0 bridgehead atoms. The van der Waals surface area contributed by atoms with Crippen molar-refractivity contribution < 1.29 is 9.47 Å². The maximum Gasteiger partial charge on any atom is 0.134 e. The van der Waals surface area contributed by atoms with Crippen LogP contribution in [0, 0.1) is 14.9 Å². The Morgan fingerprint density at radius 3 is 2.53 bits per heavy atom. The lowest BCUT2D eigenvalue weighted by Crippen LogP contribution is -1.97. The van der Waals surface area contributed by atoms with Crippen LogP contribution in [-0.2, 0) is 6.61 Å². The van der Waals surface area contributed by atoms with E-state index < -0.39 is 0 Å². The molecule has 0 aliphatic carbocycles. The van der Waals surface area contributed by atoms with Gasteiger partial charge in [0.2, 0.25) is 0 Å². The monoisotopic (exact) mass is 365 g/mol. The number of benzene rings is 2. The highest BCUT2D eigenvalue weighted by molar-refractivity contribution is 14.1. The molecule has 2 rings (SSSR count). The van der Waals surface area contributed by atoms with Crippen molar-refractivity contribution in [2.24, 2.45) is 0 Å². The van der Waals surface area contributed by atoms with Crippen molar-refractivity contribution in [2.75, 3.05) is 7.11 Å². The first-order chi connectivity index (χ1) is 9.22. The lowest BCUT2D eigenvalue weighted by Gasteiger charge is -2.09. The molecule has 0 saturated heterocycles. The Morgan fingerprint density at radius 2 is 1.89 bits per heavy atom. The minimum absolute atomic E-state index is 0.467. The Hall–Kier alpha value is -1.74. The van der Waals surface area contributed by atoms with Gasteiger partial charge in [0.25, 0.3) is 0 Å². The zero-order valence-electron chi connectivity index (χ0n) is 10.4. The summed E-state index contributed by atoms with van der Waals surface area (Å²) in [6.45, 7) is 0.467. The van der Waals surface area contributed by atoms with Gasteiger partial charge in [-0.1, -0.05) is 12.1 Å². The molecule has 0 heterocycles. The standard InChI is InChI=1S/C15H12INO2/c1-18-13-5-2-11(3-6-13)10-19-15-8-12(9-17)4-7-14(15)16/h2-8H,10H2,1H3. The third-order valence-corrected chi connectivity index (χ3v) is 3.50. The minimum Gasteiger partial charge on any atom is -0.497 e. The van der Waals surface area contributed by atoms with Crippen molar-refractivity contribution in [1.82, 2.24) is 0 Å². The molecule has 4 heteroatoms. The molecule has 0 aliphatic rings. The number of rotatable bonds is 4. The van der Waals surface area contributed by atoms with Gasteiger partial charge in [-0.3, -0.25) is 0 Å². The van der Waals surface area contributed by atoms with Gasteiger partial charge >= 0.3 is 0 Å². The molecule has 2 aromatic carbocycles. The van der Waals surface area contributed by atoms with Gasteiger partial charge < -0.3 is 9.47 Å². The summed E-state index contributed by atoms with van der Waals surface area (Å²) < 4.78 is 11.8. The van der Waals surface area contributed by atoms with Crippen molar-refractivity contribution in [3.05, 3.63) is 57.2 Å². The molecule has 0 spiro atoms. The maximum absolute atomic E-state index is 8.87. The third-order valence-electron chi connectivity index (χ3n) is 2.61. The normalized spacial score (nSPS) is 9.74. The van der Waals surface area contributed by atoms with Crippen LogP contribution in [0.15, 0.2) is 42.5 Å². The fraction of sp³-hybridized carbons (Fsp3) is 0.133. The number of ether oxygens (including phenoxy) is 2. The highest BCUT2D eigenvalue weighted by Gasteiger charge is 2.03. The number of hydrogen-bond donors (Lipinski definition) is 0. The Morgan fingerprint density at radius 1 is 1.16 bits per heavy atom. The number of nitrogens with zero attached hydrogens (tertiary/aromatic N) is 1. The Kier molecular flexibility index (Phi) is 4.63. The largest absolute Gasteiger partial charge is 0.497 e. The van der Waals surface area contributed by atoms with E-state index in [-0.39, 0.29) is 0 Å². The van der Waals surface area contributed by atoms with E-state index in [0.717, 1.165) is 20.6 Å².